The third kappa shape index (κ3) is 3.69. The predicted molar refractivity (Wildman–Crippen MR) is 73.2 cm³/mol. The molecular formula is C14H28N2O2. The SMILES string of the molecule is CC(C)NC1(C(N)=O)CCCC1CCOC(C)C. The Hall–Kier alpha value is -0.610. The number of amides is 1. The largest absolute Gasteiger partial charge is 0.379 e. The number of hydrogen-bond donors (Lipinski definition) is 2. The van der Waals surface area contributed by atoms with E-state index in [-0.39, 0.29) is 18.1 Å². The summed E-state index contributed by atoms with van der Waals surface area (Å²) in [6.45, 7) is 8.89. The normalized spacial score (nSPS) is 28.2. The maximum absolute atomic E-state index is 11.9. The fourth-order valence-electron chi connectivity index (χ4n) is 3.02. The summed E-state index contributed by atoms with van der Waals surface area (Å²) in [6, 6.07) is 0.268. The molecule has 1 aliphatic rings. The van der Waals surface area contributed by atoms with Crippen molar-refractivity contribution >= 4 is 5.91 Å². The molecule has 18 heavy (non-hydrogen) atoms. The van der Waals surface area contributed by atoms with Gasteiger partial charge in [0.2, 0.25) is 5.91 Å². The zero-order valence-electron chi connectivity index (χ0n) is 12.2. The first-order chi connectivity index (χ1) is 8.38. The van der Waals surface area contributed by atoms with Crippen LogP contribution in [0.2, 0.25) is 0 Å². The van der Waals surface area contributed by atoms with Crippen LogP contribution in [0.5, 0.6) is 0 Å². The maximum Gasteiger partial charge on any atom is 0.238 e. The molecule has 4 heteroatoms. The Kier molecular flexibility index (Phi) is 5.60. The van der Waals surface area contributed by atoms with Crippen LogP contribution >= 0.6 is 0 Å². The highest BCUT2D eigenvalue weighted by Gasteiger charge is 2.47. The van der Waals surface area contributed by atoms with E-state index in [9.17, 15) is 4.79 Å². The van der Waals surface area contributed by atoms with Gasteiger partial charge in [-0.1, -0.05) is 6.42 Å². The summed E-state index contributed by atoms with van der Waals surface area (Å²) in [5.74, 6) is 0.0967. The molecular weight excluding hydrogens is 228 g/mol. The number of hydrogen-bond acceptors (Lipinski definition) is 3. The van der Waals surface area contributed by atoms with Gasteiger partial charge in [-0.3, -0.25) is 4.79 Å². The van der Waals surface area contributed by atoms with E-state index < -0.39 is 5.54 Å². The lowest BCUT2D eigenvalue weighted by Crippen LogP contribution is -2.60. The van der Waals surface area contributed by atoms with Gasteiger partial charge in [-0.25, -0.2) is 0 Å². The van der Waals surface area contributed by atoms with Crippen LogP contribution in [-0.4, -0.2) is 30.2 Å². The van der Waals surface area contributed by atoms with E-state index >= 15 is 0 Å². The predicted octanol–water partition coefficient (Wildman–Crippen LogP) is 1.82. The lowest BCUT2D eigenvalue weighted by Gasteiger charge is -2.35. The Morgan fingerprint density at radius 1 is 1.44 bits per heavy atom. The molecule has 0 spiro atoms. The molecule has 0 radical (unpaired) electrons. The van der Waals surface area contributed by atoms with Gasteiger partial charge in [0, 0.05) is 12.6 Å². The highest BCUT2D eigenvalue weighted by Crippen LogP contribution is 2.38. The molecule has 0 aromatic rings. The topological polar surface area (TPSA) is 64.3 Å². The van der Waals surface area contributed by atoms with Crippen LogP contribution in [0.15, 0.2) is 0 Å². The number of nitrogens with one attached hydrogen (secondary N) is 1. The molecule has 1 aliphatic carbocycles. The second-order valence-electron chi connectivity index (χ2n) is 5.93. The number of nitrogens with two attached hydrogens (primary N) is 1. The molecule has 4 nitrogen and oxygen atoms in total. The Labute approximate surface area is 111 Å². The quantitative estimate of drug-likeness (QED) is 0.730. The van der Waals surface area contributed by atoms with Crippen molar-refractivity contribution in [3.05, 3.63) is 0 Å². The van der Waals surface area contributed by atoms with Crippen molar-refractivity contribution in [3.8, 4) is 0 Å². The van der Waals surface area contributed by atoms with Crippen LogP contribution in [0, 0.1) is 5.92 Å². The minimum Gasteiger partial charge on any atom is -0.379 e. The molecule has 0 bridgehead atoms. The van der Waals surface area contributed by atoms with Crippen molar-refractivity contribution in [2.75, 3.05) is 6.61 Å². The minimum atomic E-state index is -0.519. The lowest BCUT2D eigenvalue weighted by molar-refractivity contribution is -0.126. The van der Waals surface area contributed by atoms with Crippen LogP contribution in [0.25, 0.3) is 0 Å². The molecule has 1 rings (SSSR count). The first-order valence-corrected chi connectivity index (χ1v) is 7.07. The summed E-state index contributed by atoms with van der Waals surface area (Å²) < 4.78 is 5.60. The number of carbonyl (C=O) groups is 1. The monoisotopic (exact) mass is 256 g/mol. The highest BCUT2D eigenvalue weighted by molar-refractivity contribution is 5.85. The van der Waals surface area contributed by atoms with Crippen LogP contribution in [0.4, 0.5) is 0 Å². The van der Waals surface area contributed by atoms with Crippen molar-refractivity contribution in [3.63, 3.8) is 0 Å². The van der Waals surface area contributed by atoms with Crippen LogP contribution in [0.1, 0.15) is 53.4 Å². The Balaban J connectivity index is 2.66. The highest BCUT2D eigenvalue weighted by atomic mass is 16.5. The van der Waals surface area contributed by atoms with E-state index in [1.165, 1.54) is 0 Å². The fourth-order valence-corrected chi connectivity index (χ4v) is 3.02. The smallest absolute Gasteiger partial charge is 0.238 e. The standard InChI is InChI=1S/C14H28N2O2/c1-10(2)16-14(13(15)17)8-5-6-12(14)7-9-18-11(3)4/h10-12,16H,5-9H2,1-4H3,(H2,15,17). The van der Waals surface area contributed by atoms with Gasteiger partial charge in [0.15, 0.2) is 0 Å². The summed E-state index contributed by atoms with van der Waals surface area (Å²) >= 11 is 0. The fraction of sp³-hybridized carbons (Fsp3) is 0.929. The van der Waals surface area contributed by atoms with E-state index in [2.05, 4.69) is 19.2 Å². The summed E-state index contributed by atoms with van der Waals surface area (Å²) in [5.41, 5.74) is 5.14. The van der Waals surface area contributed by atoms with Crippen LogP contribution in [-0.2, 0) is 9.53 Å². The van der Waals surface area contributed by atoms with Crippen molar-refractivity contribution in [1.29, 1.82) is 0 Å². The van der Waals surface area contributed by atoms with Crippen molar-refractivity contribution in [1.82, 2.24) is 5.32 Å². The maximum atomic E-state index is 11.9. The van der Waals surface area contributed by atoms with Crippen molar-refractivity contribution in [2.45, 2.75) is 71.1 Å². The minimum absolute atomic E-state index is 0.205. The van der Waals surface area contributed by atoms with Gasteiger partial charge in [-0.15, -0.1) is 0 Å². The molecule has 2 unspecified atom stereocenters. The molecule has 0 heterocycles. The average Bonchev–Trinajstić information content (AvgIpc) is 2.61. The van der Waals surface area contributed by atoms with Gasteiger partial charge in [0.05, 0.1) is 6.10 Å². The molecule has 0 aromatic carbocycles. The van der Waals surface area contributed by atoms with Gasteiger partial charge in [0.25, 0.3) is 0 Å². The Morgan fingerprint density at radius 3 is 2.61 bits per heavy atom. The van der Waals surface area contributed by atoms with Crippen molar-refractivity contribution in [2.24, 2.45) is 11.7 Å². The third-order valence-corrected chi connectivity index (χ3v) is 3.72. The van der Waals surface area contributed by atoms with Gasteiger partial charge in [-0.05, 0) is 52.9 Å². The molecule has 0 aromatic heterocycles. The summed E-state index contributed by atoms with van der Waals surface area (Å²) in [4.78, 5) is 11.9. The van der Waals surface area contributed by atoms with E-state index in [0.29, 0.717) is 12.5 Å². The second-order valence-corrected chi connectivity index (χ2v) is 5.93. The molecule has 3 N–H and O–H groups in total. The zero-order chi connectivity index (χ0) is 13.8. The molecule has 1 amide bonds. The van der Waals surface area contributed by atoms with E-state index in [1.807, 2.05) is 13.8 Å². The average molecular weight is 256 g/mol. The number of primary amides is 1. The molecule has 1 fully saturated rings. The number of carbonyl (C=O) groups excluding carboxylic acids is 1. The van der Waals surface area contributed by atoms with E-state index in [4.69, 9.17) is 10.5 Å². The van der Waals surface area contributed by atoms with Crippen molar-refractivity contribution < 1.29 is 9.53 Å². The van der Waals surface area contributed by atoms with Gasteiger partial charge in [-0.2, -0.15) is 0 Å². The Morgan fingerprint density at radius 2 is 2.11 bits per heavy atom. The molecule has 106 valence electrons. The van der Waals surface area contributed by atoms with Gasteiger partial charge >= 0.3 is 0 Å². The number of ether oxygens (including phenoxy) is 1. The summed E-state index contributed by atoms with van der Waals surface area (Å²) in [7, 11) is 0. The molecule has 1 saturated carbocycles. The molecule has 0 saturated heterocycles. The van der Waals surface area contributed by atoms with Gasteiger partial charge < -0.3 is 15.8 Å². The first kappa shape index (κ1) is 15.4. The van der Waals surface area contributed by atoms with E-state index in [0.717, 1.165) is 25.7 Å². The molecule has 0 aliphatic heterocycles. The van der Waals surface area contributed by atoms with E-state index in [1.54, 1.807) is 0 Å². The summed E-state index contributed by atoms with van der Waals surface area (Å²) in [5, 5.41) is 3.41. The first-order valence-electron chi connectivity index (χ1n) is 7.07. The molecule has 2 atom stereocenters. The third-order valence-electron chi connectivity index (χ3n) is 3.72. The Bertz CT molecular complexity index is 279. The lowest BCUT2D eigenvalue weighted by atomic mass is 9.83. The number of rotatable bonds is 7. The van der Waals surface area contributed by atoms with Gasteiger partial charge in [0.1, 0.15) is 5.54 Å². The summed E-state index contributed by atoms with van der Waals surface area (Å²) in [6.07, 6.45) is 4.12. The van der Waals surface area contributed by atoms with Crippen LogP contribution in [0.3, 0.4) is 0 Å². The van der Waals surface area contributed by atoms with Crippen LogP contribution < -0.4 is 11.1 Å². The second kappa shape index (κ2) is 6.53. The zero-order valence-corrected chi connectivity index (χ0v) is 12.2.